The lowest BCUT2D eigenvalue weighted by Gasteiger charge is -2.36. The zero-order valence-electron chi connectivity index (χ0n) is 20.1. The van der Waals surface area contributed by atoms with Crippen LogP contribution in [0.2, 0.25) is 10.0 Å². The van der Waals surface area contributed by atoms with Crippen LogP contribution < -0.4 is 20.9 Å². The molecule has 1 fully saturated rings. The number of carbonyl (C=O) groups is 2. The maximum atomic E-state index is 13.0. The van der Waals surface area contributed by atoms with E-state index in [1.165, 1.54) is 12.1 Å². The molecule has 37 heavy (non-hydrogen) atoms. The summed E-state index contributed by atoms with van der Waals surface area (Å²) in [5.41, 5.74) is 3.12. The fourth-order valence-corrected chi connectivity index (χ4v) is 4.48. The molecule has 0 aromatic heterocycles. The van der Waals surface area contributed by atoms with Crippen LogP contribution >= 0.6 is 23.2 Å². The SMILES string of the molecule is O=C(CCNCc1ccc(F)cc1)Nc1ccc(N2CCN(C(=O)Nc3c(Cl)cccc3Cl)CC2)cc1. The van der Waals surface area contributed by atoms with Gasteiger partial charge in [-0.15, -0.1) is 0 Å². The third kappa shape index (κ3) is 7.58. The Hall–Kier alpha value is -3.33. The van der Waals surface area contributed by atoms with Gasteiger partial charge in [0.2, 0.25) is 5.91 Å². The number of nitrogens with one attached hydrogen (secondary N) is 3. The zero-order chi connectivity index (χ0) is 26.2. The molecule has 1 saturated heterocycles. The second-order valence-corrected chi connectivity index (χ2v) is 9.46. The largest absolute Gasteiger partial charge is 0.368 e. The van der Waals surface area contributed by atoms with Crippen molar-refractivity contribution in [2.75, 3.05) is 48.3 Å². The minimum Gasteiger partial charge on any atom is -0.368 e. The maximum Gasteiger partial charge on any atom is 0.322 e. The average molecular weight is 544 g/mol. The van der Waals surface area contributed by atoms with Crippen LogP contribution in [0, 0.1) is 5.82 Å². The Morgan fingerprint density at radius 3 is 2.14 bits per heavy atom. The summed E-state index contributed by atoms with van der Waals surface area (Å²) in [5.74, 6) is -0.350. The summed E-state index contributed by atoms with van der Waals surface area (Å²) in [7, 11) is 0. The second kappa shape index (κ2) is 12.8. The smallest absolute Gasteiger partial charge is 0.322 e. The molecule has 0 unspecified atom stereocenters. The number of rotatable bonds is 8. The number of benzene rings is 3. The van der Waals surface area contributed by atoms with Crippen molar-refractivity contribution >= 4 is 52.2 Å². The third-order valence-electron chi connectivity index (χ3n) is 6.05. The molecule has 0 saturated carbocycles. The summed E-state index contributed by atoms with van der Waals surface area (Å²) in [6, 6.07) is 18.8. The summed E-state index contributed by atoms with van der Waals surface area (Å²) in [6.07, 6.45) is 0.326. The molecule has 7 nitrogen and oxygen atoms in total. The van der Waals surface area contributed by atoms with Crippen molar-refractivity contribution in [3.63, 3.8) is 0 Å². The predicted molar refractivity (Wildman–Crippen MR) is 147 cm³/mol. The van der Waals surface area contributed by atoms with E-state index in [4.69, 9.17) is 23.2 Å². The monoisotopic (exact) mass is 543 g/mol. The van der Waals surface area contributed by atoms with Gasteiger partial charge in [-0.2, -0.15) is 0 Å². The molecule has 3 amide bonds. The van der Waals surface area contributed by atoms with Gasteiger partial charge in [0.15, 0.2) is 0 Å². The molecule has 0 atom stereocenters. The normalized spacial score (nSPS) is 13.4. The first kappa shape index (κ1) is 26.7. The van der Waals surface area contributed by atoms with Crippen molar-refractivity contribution in [2.24, 2.45) is 0 Å². The number of anilines is 3. The van der Waals surface area contributed by atoms with E-state index in [0.717, 1.165) is 16.9 Å². The van der Waals surface area contributed by atoms with Crippen molar-refractivity contribution in [1.29, 1.82) is 0 Å². The highest BCUT2D eigenvalue weighted by Gasteiger charge is 2.22. The highest BCUT2D eigenvalue weighted by atomic mass is 35.5. The topological polar surface area (TPSA) is 76.7 Å². The highest BCUT2D eigenvalue weighted by Crippen LogP contribution is 2.30. The average Bonchev–Trinajstić information content (AvgIpc) is 2.90. The standard InChI is InChI=1S/C27H28Cl2FN5O2/c28-23-2-1-3-24(29)26(23)33-27(37)35-16-14-34(15-17-35)22-10-8-21(9-11-22)32-25(36)12-13-31-18-19-4-6-20(30)7-5-19/h1-11,31H,12-18H2,(H,32,36)(H,33,37). The van der Waals surface area contributed by atoms with Crippen LogP contribution in [-0.2, 0) is 11.3 Å². The van der Waals surface area contributed by atoms with E-state index in [2.05, 4.69) is 20.9 Å². The minimum atomic E-state index is -0.265. The van der Waals surface area contributed by atoms with Gasteiger partial charge in [0.05, 0.1) is 15.7 Å². The van der Waals surface area contributed by atoms with Crippen LogP contribution in [0.3, 0.4) is 0 Å². The van der Waals surface area contributed by atoms with Gasteiger partial charge in [-0.25, -0.2) is 9.18 Å². The summed E-state index contributed by atoms with van der Waals surface area (Å²) < 4.78 is 13.0. The fraction of sp³-hybridized carbons (Fsp3) is 0.259. The molecule has 1 aliphatic heterocycles. The molecule has 3 aromatic rings. The molecule has 3 aromatic carbocycles. The molecule has 10 heteroatoms. The number of amides is 3. The van der Waals surface area contributed by atoms with Crippen molar-refractivity contribution < 1.29 is 14.0 Å². The minimum absolute atomic E-state index is 0.0856. The molecular weight excluding hydrogens is 516 g/mol. The van der Waals surface area contributed by atoms with E-state index in [9.17, 15) is 14.0 Å². The molecule has 0 radical (unpaired) electrons. The van der Waals surface area contributed by atoms with Crippen LogP contribution in [-0.4, -0.2) is 49.6 Å². The molecule has 3 N–H and O–H groups in total. The lowest BCUT2D eigenvalue weighted by Crippen LogP contribution is -2.50. The van der Waals surface area contributed by atoms with Crippen LogP contribution in [0.4, 0.5) is 26.2 Å². The Balaban J connectivity index is 1.18. The molecule has 194 valence electrons. The first-order chi connectivity index (χ1) is 17.9. The maximum absolute atomic E-state index is 13.0. The molecule has 1 aliphatic rings. The number of nitrogens with zero attached hydrogens (tertiary/aromatic N) is 2. The van der Waals surface area contributed by atoms with Crippen LogP contribution in [0.1, 0.15) is 12.0 Å². The van der Waals surface area contributed by atoms with Crippen LogP contribution in [0.15, 0.2) is 66.7 Å². The van der Waals surface area contributed by atoms with Gasteiger partial charge in [-0.05, 0) is 54.1 Å². The van der Waals surface area contributed by atoms with Gasteiger partial charge in [-0.3, -0.25) is 4.79 Å². The lowest BCUT2D eigenvalue weighted by atomic mass is 10.2. The Morgan fingerprint density at radius 1 is 0.838 bits per heavy atom. The predicted octanol–water partition coefficient (Wildman–Crippen LogP) is 5.61. The van der Waals surface area contributed by atoms with E-state index in [-0.39, 0.29) is 17.8 Å². The van der Waals surface area contributed by atoms with E-state index >= 15 is 0 Å². The van der Waals surface area contributed by atoms with Gasteiger partial charge in [0.1, 0.15) is 5.82 Å². The van der Waals surface area contributed by atoms with Crippen molar-refractivity contribution in [3.05, 3.63) is 88.2 Å². The fourth-order valence-electron chi connectivity index (χ4n) is 3.99. The second-order valence-electron chi connectivity index (χ2n) is 8.65. The molecule has 0 bridgehead atoms. The number of urea groups is 1. The summed E-state index contributed by atoms with van der Waals surface area (Å²) in [4.78, 5) is 28.8. The van der Waals surface area contributed by atoms with E-state index in [1.807, 2.05) is 24.3 Å². The van der Waals surface area contributed by atoms with Gasteiger partial charge in [-0.1, -0.05) is 41.4 Å². The van der Waals surface area contributed by atoms with Crippen molar-refractivity contribution in [3.8, 4) is 0 Å². The van der Waals surface area contributed by atoms with Gasteiger partial charge in [0, 0.05) is 57.1 Å². The molecule has 0 spiro atoms. The number of piperazine rings is 1. The molecule has 0 aliphatic carbocycles. The molecule has 4 rings (SSSR count). The van der Waals surface area contributed by atoms with Crippen molar-refractivity contribution in [2.45, 2.75) is 13.0 Å². The summed E-state index contributed by atoms with van der Waals surface area (Å²) in [6.45, 7) is 3.55. The van der Waals surface area contributed by atoms with E-state index in [1.54, 1.807) is 35.2 Å². The number of hydrogen-bond acceptors (Lipinski definition) is 4. The third-order valence-corrected chi connectivity index (χ3v) is 6.68. The van der Waals surface area contributed by atoms with Gasteiger partial charge >= 0.3 is 6.03 Å². The first-order valence-corrected chi connectivity index (χ1v) is 12.7. The van der Waals surface area contributed by atoms with Gasteiger partial charge in [0.25, 0.3) is 0 Å². The first-order valence-electron chi connectivity index (χ1n) is 12.0. The number of carbonyl (C=O) groups excluding carboxylic acids is 2. The molecular formula is C27H28Cl2FN5O2. The Kier molecular flexibility index (Phi) is 9.22. The Bertz CT molecular complexity index is 1200. The summed E-state index contributed by atoms with van der Waals surface area (Å²) >= 11 is 12.3. The molecule has 1 heterocycles. The van der Waals surface area contributed by atoms with E-state index < -0.39 is 0 Å². The number of halogens is 3. The van der Waals surface area contributed by atoms with Crippen LogP contribution in [0.25, 0.3) is 0 Å². The Labute approximate surface area is 225 Å². The highest BCUT2D eigenvalue weighted by molar-refractivity contribution is 6.39. The Morgan fingerprint density at radius 2 is 1.49 bits per heavy atom. The number of hydrogen-bond donors (Lipinski definition) is 3. The van der Waals surface area contributed by atoms with Crippen molar-refractivity contribution in [1.82, 2.24) is 10.2 Å². The number of para-hydroxylation sites is 1. The summed E-state index contributed by atoms with van der Waals surface area (Å²) in [5, 5.41) is 9.68. The lowest BCUT2D eigenvalue weighted by molar-refractivity contribution is -0.116. The zero-order valence-corrected chi connectivity index (χ0v) is 21.7. The quantitative estimate of drug-likeness (QED) is 0.323. The van der Waals surface area contributed by atoms with Crippen LogP contribution in [0.5, 0.6) is 0 Å². The van der Waals surface area contributed by atoms with Gasteiger partial charge < -0.3 is 25.8 Å². The van der Waals surface area contributed by atoms with E-state index in [0.29, 0.717) is 61.4 Å².